The molecule has 1 heterocycles. The van der Waals surface area contributed by atoms with Gasteiger partial charge in [-0.15, -0.1) is 0 Å². The number of hydrogen-bond donors (Lipinski definition) is 2. The Balaban J connectivity index is 2.34. The van der Waals surface area contributed by atoms with Gasteiger partial charge in [0.05, 0.1) is 6.04 Å². The normalized spacial score (nSPS) is 22.2. The molecule has 1 aliphatic rings. The van der Waals surface area contributed by atoms with Crippen LogP contribution >= 0.6 is 7.77 Å². The maximum absolute atomic E-state index is 11.5. The Morgan fingerprint density at radius 3 is 2.74 bits per heavy atom. The molecule has 0 radical (unpaired) electrons. The molecular formula is C12H20N2O4P+. The van der Waals surface area contributed by atoms with Crippen molar-refractivity contribution in [3.8, 4) is 0 Å². The van der Waals surface area contributed by atoms with Gasteiger partial charge in [-0.3, -0.25) is 14.4 Å². The second kappa shape index (κ2) is 7.36. The molecule has 19 heavy (non-hydrogen) atoms. The summed E-state index contributed by atoms with van der Waals surface area (Å²) in [6.45, 7) is 3.51. The molecule has 2 amide bonds. The van der Waals surface area contributed by atoms with Gasteiger partial charge in [-0.05, 0) is 6.42 Å². The number of Topliss-reactive ketones (excluding diaryl/α,β-unsaturated/α-hetero) is 1. The van der Waals surface area contributed by atoms with Crippen molar-refractivity contribution < 1.29 is 18.9 Å². The highest BCUT2D eigenvalue weighted by molar-refractivity contribution is 7.49. The zero-order chi connectivity index (χ0) is 14.4. The van der Waals surface area contributed by atoms with E-state index < -0.39 is 13.8 Å². The first kappa shape index (κ1) is 15.8. The summed E-state index contributed by atoms with van der Waals surface area (Å²) in [6.07, 6.45) is 5.13. The third-order valence-corrected chi connectivity index (χ3v) is 3.44. The minimum Gasteiger partial charge on any atom is -0.349 e. The highest BCUT2D eigenvalue weighted by atomic mass is 31.1. The largest absolute Gasteiger partial charge is 0.349 e. The molecule has 1 aliphatic heterocycles. The lowest BCUT2D eigenvalue weighted by Crippen LogP contribution is -2.69. The fraction of sp³-hybridized carbons (Fsp3) is 0.667. The van der Waals surface area contributed by atoms with E-state index in [1.165, 1.54) is 0 Å². The molecule has 1 fully saturated rings. The minimum atomic E-state index is -0.840. The van der Waals surface area contributed by atoms with E-state index in [-0.39, 0.29) is 30.2 Å². The van der Waals surface area contributed by atoms with Crippen molar-refractivity contribution in [1.29, 1.82) is 0 Å². The molecule has 0 bridgehead atoms. The van der Waals surface area contributed by atoms with Crippen LogP contribution in [0.15, 0.2) is 0 Å². The summed E-state index contributed by atoms with van der Waals surface area (Å²) in [5.74, 6) is -0.386. The molecule has 1 rings (SSSR count). The van der Waals surface area contributed by atoms with Crippen LogP contribution in [0.2, 0.25) is 0 Å². The van der Waals surface area contributed by atoms with Crippen LogP contribution in [0, 0.1) is 0 Å². The van der Waals surface area contributed by atoms with Crippen molar-refractivity contribution in [2.75, 3.05) is 13.3 Å². The van der Waals surface area contributed by atoms with Crippen LogP contribution in [0.25, 0.3) is 0 Å². The van der Waals surface area contributed by atoms with E-state index in [9.17, 15) is 14.4 Å². The average Bonchev–Trinajstić information content (AvgIpc) is 2.37. The number of ketones is 1. The van der Waals surface area contributed by atoms with Crippen LogP contribution in [-0.4, -0.2) is 49.3 Å². The van der Waals surface area contributed by atoms with E-state index in [1.807, 2.05) is 0 Å². The molecular weight excluding hydrogens is 267 g/mol. The topological polar surface area (TPSA) is 84.5 Å². The highest BCUT2D eigenvalue weighted by Gasteiger charge is 2.40. The maximum atomic E-state index is 11.5. The Bertz CT molecular complexity index is 397. The van der Waals surface area contributed by atoms with Crippen LogP contribution in [-0.2, 0) is 18.9 Å². The highest BCUT2D eigenvalue weighted by Crippen LogP contribution is 2.15. The predicted molar refractivity (Wildman–Crippen MR) is 74.3 cm³/mol. The third-order valence-electron chi connectivity index (χ3n) is 2.87. The number of rotatable bonds is 8. The number of β-lactam (4-membered cyclic amide) rings is 1. The van der Waals surface area contributed by atoms with Gasteiger partial charge in [-0.25, -0.2) is 0 Å². The van der Waals surface area contributed by atoms with E-state index in [2.05, 4.69) is 16.9 Å². The summed E-state index contributed by atoms with van der Waals surface area (Å²) in [5.41, 5.74) is 0. The first-order valence-electron chi connectivity index (χ1n) is 6.22. The van der Waals surface area contributed by atoms with Gasteiger partial charge in [0.2, 0.25) is 13.7 Å². The van der Waals surface area contributed by atoms with Gasteiger partial charge < -0.3 is 10.6 Å². The van der Waals surface area contributed by atoms with Gasteiger partial charge >= 0.3 is 0 Å². The van der Waals surface area contributed by atoms with Gasteiger partial charge in [0.1, 0.15) is 24.8 Å². The molecule has 0 aromatic carbocycles. The van der Waals surface area contributed by atoms with Crippen molar-refractivity contribution >= 4 is 31.7 Å². The lowest BCUT2D eigenvalue weighted by Gasteiger charge is -2.36. The summed E-state index contributed by atoms with van der Waals surface area (Å²) in [6, 6.07) is -0.705. The van der Waals surface area contributed by atoms with Crippen LogP contribution < -0.4 is 10.6 Å². The Morgan fingerprint density at radius 2 is 2.21 bits per heavy atom. The monoisotopic (exact) mass is 287 g/mol. The average molecular weight is 287 g/mol. The Kier molecular flexibility index (Phi) is 6.12. The lowest BCUT2D eigenvalue weighted by molar-refractivity contribution is -0.137. The molecule has 1 saturated heterocycles. The van der Waals surface area contributed by atoms with Crippen LogP contribution in [0.5, 0.6) is 0 Å². The number of nitrogens with one attached hydrogen (secondary N) is 2. The fourth-order valence-electron chi connectivity index (χ4n) is 1.72. The predicted octanol–water partition coefficient (Wildman–Crippen LogP) is 0.204. The van der Waals surface area contributed by atoms with E-state index in [1.54, 1.807) is 13.6 Å². The van der Waals surface area contributed by atoms with Crippen molar-refractivity contribution in [3.05, 3.63) is 0 Å². The number of carbonyl (C=O) groups is 3. The molecule has 0 aliphatic carbocycles. The molecule has 0 spiro atoms. The van der Waals surface area contributed by atoms with E-state index in [0.717, 1.165) is 0 Å². The van der Waals surface area contributed by atoms with Crippen molar-refractivity contribution in [2.24, 2.45) is 0 Å². The zero-order valence-electron chi connectivity index (χ0n) is 11.3. The second-order valence-corrected chi connectivity index (χ2v) is 6.01. The molecule has 0 saturated carbocycles. The maximum Gasteiger partial charge on any atom is 0.251 e. The summed E-state index contributed by atoms with van der Waals surface area (Å²) >= 11 is 0. The van der Waals surface area contributed by atoms with Gasteiger partial charge in [-0.2, -0.15) is 4.52 Å². The molecule has 6 nitrogen and oxygen atoms in total. The summed E-state index contributed by atoms with van der Waals surface area (Å²) in [4.78, 5) is 34.1. The third kappa shape index (κ3) is 5.09. The smallest absolute Gasteiger partial charge is 0.251 e. The number of hydrogen-bond acceptors (Lipinski definition) is 4. The Hall–Kier alpha value is -1.26. The second-order valence-electron chi connectivity index (χ2n) is 4.49. The Labute approximate surface area is 113 Å². The zero-order valence-corrected chi connectivity index (χ0v) is 12.2. The number of amides is 2. The SMILES string of the molecule is C=[P+](C)OCC(=O)NC1C(=O)NC1CCC(=O)CC. The summed E-state index contributed by atoms with van der Waals surface area (Å²) in [7, 11) is -0.840. The first-order valence-corrected chi connectivity index (χ1v) is 8.11. The lowest BCUT2D eigenvalue weighted by atomic mass is 9.93. The summed E-state index contributed by atoms with van der Waals surface area (Å²) in [5, 5.41) is 5.30. The van der Waals surface area contributed by atoms with Crippen molar-refractivity contribution in [1.82, 2.24) is 10.6 Å². The summed E-state index contributed by atoms with van der Waals surface area (Å²) < 4.78 is 5.12. The molecule has 0 aromatic heterocycles. The first-order chi connectivity index (χ1) is 8.93. The quantitative estimate of drug-likeness (QED) is 0.493. The van der Waals surface area contributed by atoms with Gasteiger partial charge in [-0.1, -0.05) is 6.92 Å². The van der Waals surface area contributed by atoms with Gasteiger partial charge in [0, 0.05) is 12.8 Å². The minimum absolute atomic E-state index is 0.0872. The van der Waals surface area contributed by atoms with Crippen LogP contribution in [0.1, 0.15) is 26.2 Å². The van der Waals surface area contributed by atoms with E-state index in [4.69, 9.17) is 4.52 Å². The molecule has 2 N–H and O–H groups in total. The molecule has 106 valence electrons. The molecule has 7 heteroatoms. The Morgan fingerprint density at radius 1 is 1.53 bits per heavy atom. The molecule has 3 atom stereocenters. The van der Waals surface area contributed by atoms with Gasteiger partial charge in [0.15, 0.2) is 6.61 Å². The fourth-order valence-corrected chi connectivity index (χ4v) is 2.06. The van der Waals surface area contributed by atoms with Crippen molar-refractivity contribution in [2.45, 2.75) is 38.3 Å². The van der Waals surface area contributed by atoms with Crippen LogP contribution in [0.3, 0.4) is 0 Å². The standard InChI is InChI=1S/C12H19N2O4P/c1-4-8(15)5-6-9-11(12(17)13-9)14-10(16)7-18-19(2)3/h9,11H,2,4-7H2,1,3H3,(H-,13,14,16,17)/p+1. The number of carbonyl (C=O) groups excluding carboxylic acids is 3. The molecule has 0 aromatic rings. The van der Waals surface area contributed by atoms with E-state index >= 15 is 0 Å². The molecule has 3 unspecified atom stereocenters. The van der Waals surface area contributed by atoms with E-state index in [0.29, 0.717) is 19.3 Å². The van der Waals surface area contributed by atoms with Crippen LogP contribution in [0.4, 0.5) is 0 Å². The van der Waals surface area contributed by atoms with Crippen molar-refractivity contribution in [3.63, 3.8) is 0 Å². The van der Waals surface area contributed by atoms with Gasteiger partial charge in [0.25, 0.3) is 5.91 Å².